The summed E-state index contributed by atoms with van der Waals surface area (Å²) in [7, 11) is 0. The van der Waals surface area contributed by atoms with Gasteiger partial charge in [-0.05, 0) is 29.8 Å². The quantitative estimate of drug-likeness (QED) is 0.297. The van der Waals surface area contributed by atoms with Crippen LogP contribution in [0.2, 0.25) is 0 Å². The molecule has 0 aliphatic rings. The summed E-state index contributed by atoms with van der Waals surface area (Å²) in [6.45, 7) is 0. The van der Waals surface area contributed by atoms with Crippen molar-refractivity contribution < 1.29 is 4.92 Å². The molecule has 112 valence electrons. The largest absolute Gasteiger partial charge is 0.277 e. The van der Waals surface area contributed by atoms with E-state index in [4.69, 9.17) is 0 Å². The highest BCUT2D eigenvalue weighted by molar-refractivity contribution is 9.10. The van der Waals surface area contributed by atoms with E-state index in [2.05, 4.69) is 28.1 Å². The maximum Gasteiger partial charge on any atom is 0.277 e. The molecule has 0 aliphatic heterocycles. The van der Waals surface area contributed by atoms with Gasteiger partial charge in [0, 0.05) is 30.7 Å². The summed E-state index contributed by atoms with van der Waals surface area (Å²) in [4.78, 5) is 11.0. The van der Waals surface area contributed by atoms with Crippen molar-refractivity contribution in [2.45, 2.75) is 0 Å². The third-order valence-electron chi connectivity index (χ3n) is 3.85. The fourth-order valence-electron chi connectivity index (χ4n) is 2.79. The van der Waals surface area contributed by atoms with Gasteiger partial charge in [-0.15, -0.1) is 11.3 Å². The Labute approximate surface area is 144 Å². The molecule has 0 atom stereocenters. The van der Waals surface area contributed by atoms with Crippen LogP contribution in [0.3, 0.4) is 0 Å². The van der Waals surface area contributed by atoms with E-state index in [1.165, 1.54) is 21.5 Å². The van der Waals surface area contributed by atoms with Crippen molar-refractivity contribution in [2.24, 2.45) is 0 Å². The molecule has 0 aliphatic carbocycles. The smallest absolute Gasteiger partial charge is 0.258 e. The summed E-state index contributed by atoms with van der Waals surface area (Å²) in [5.74, 6) is 0. The number of benzene rings is 3. The number of rotatable bonds is 2. The van der Waals surface area contributed by atoms with Crippen molar-refractivity contribution in [3.8, 4) is 11.1 Å². The predicted molar refractivity (Wildman–Crippen MR) is 99.1 cm³/mol. The topological polar surface area (TPSA) is 43.1 Å². The molecule has 0 N–H and O–H groups in total. The normalized spacial score (nSPS) is 11.2. The van der Waals surface area contributed by atoms with Crippen LogP contribution in [-0.2, 0) is 0 Å². The van der Waals surface area contributed by atoms with Crippen LogP contribution in [0.15, 0.2) is 65.1 Å². The summed E-state index contributed by atoms with van der Waals surface area (Å²) in [5.41, 5.74) is 1.61. The zero-order valence-electron chi connectivity index (χ0n) is 11.8. The van der Waals surface area contributed by atoms with Gasteiger partial charge in [0.2, 0.25) is 0 Å². The molecule has 0 fully saturated rings. The molecule has 0 bridgehead atoms. The molecule has 1 aromatic heterocycles. The summed E-state index contributed by atoms with van der Waals surface area (Å²) in [6, 6.07) is 19.3. The zero-order valence-corrected chi connectivity index (χ0v) is 14.2. The Kier molecular flexibility index (Phi) is 3.39. The molecule has 3 nitrogen and oxygen atoms in total. The molecule has 0 unspecified atom stereocenters. The predicted octanol–water partition coefficient (Wildman–Crippen LogP) is 6.39. The van der Waals surface area contributed by atoms with Crippen LogP contribution in [0.5, 0.6) is 0 Å². The van der Waals surface area contributed by atoms with Gasteiger partial charge in [-0.1, -0.05) is 46.3 Å². The van der Waals surface area contributed by atoms with E-state index in [-0.39, 0.29) is 10.6 Å². The van der Waals surface area contributed by atoms with Gasteiger partial charge in [0.1, 0.15) is 0 Å². The van der Waals surface area contributed by atoms with Crippen molar-refractivity contribution in [1.29, 1.82) is 0 Å². The third-order valence-corrected chi connectivity index (χ3v) is 5.47. The molecular formula is C18H10BrNO2S. The van der Waals surface area contributed by atoms with Crippen LogP contribution in [0.4, 0.5) is 5.69 Å². The Balaban J connectivity index is 1.98. The summed E-state index contributed by atoms with van der Waals surface area (Å²) >= 11 is 5.11. The van der Waals surface area contributed by atoms with Gasteiger partial charge >= 0.3 is 0 Å². The monoisotopic (exact) mass is 383 g/mol. The van der Waals surface area contributed by atoms with Crippen LogP contribution in [0, 0.1) is 10.1 Å². The van der Waals surface area contributed by atoms with E-state index in [0.29, 0.717) is 5.56 Å². The molecule has 3 aromatic carbocycles. The van der Waals surface area contributed by atoms with E-state index in [9.17, 15) is 10.1 Å². The number of hydrogen-bond acceptors (Lipinski definition) is 3. The molecule has 4 aromatic rings. The van der Waals surface area contributed by atoms with Gasteiger partial charge in [-0.2, -0.15) is 0 Å². The Hall–Kier alpha value is -2.24. The first kappa shape index (κ1) is 14.4. The second kappa shape index (κ2) is 5.44. The van der Waals surface area contributed by atoms with Crippen molar-refractivity contribution in [2.75, 3.05) is 0 Å². The Morgan fingerprint density at radius 1 is 0.913 bits per heavy atom. The van der Waals surface area contributed by atoms with Gasteiger partial charge in [0.05, 0.1) is 10.5 Å². The van der Waals surface area contributed by atoms with E-state index in [0.717, 1.165) is 14.7 Å². The molecule has 4 rings (SSSR count). The molecule has 0 spiro atoms. The highest BCUT2D eigenvalue weighted by Gasteiger charge is 2.16. The first-order valence-corrected chi connectivity index (χ1v) is 8.60. The minimum Gasteiger partial charge on any atom is -0.258 e. The second-order valence-corrected chi connectivity index (χ2v) is 7.23. The van der Waals surface area contributed by atoms with Crippen molar-refractivity contribution in [3.05, 3.63) is 75.3 Å². The lowest BCUT2D eigenvalue weighted by Gasteiger charge is -2.04. The average Bonchev–Trinajstić information content (AvgIpc) is 2.92. The number of nitro benzene ring substituents is 1. The lowest BCUT2D eigenvalue weighted by atomic mass is 10.0. The number of thiophene rings is 1. The van der Waals surface area contributed by atoms with Crippen molar-refractivity contribution >= 4 is 53.1 Å². The van der Waals surface area contributed by atoms with Crippen LogP contribution in [-0.4, -0.2) is 4.92 Å². The second-order valence-electron chi connectivity index (χ2n) is 5.23. The van der Waals surface area contributed by atoms with Crippen LogP contribution in [0.25, 0.3) is 31.3 Å². The molecule has 1 heterocycles. The highest BCUT2D eigenvalue weighted by atomic mass is 79.9. The van der Waals surface area contributed by atoms with Crippen LogP contribution < -0.4 is 0 Å². The Morgan fingerprint density at radius 3 is 2.52 bits per heavy atom. The maximum atomic E-state index is 11.3. The first-order chi connectivity index (χ1) is 11.1. The third kappa shape index (κ3) is 2.42. The van der Waals surface area contributed by atoms with E-state index in [1.807, 2.05) is 30.3 Å². The Morgan fingerprint density at radius 2 is 1.70 bits per heavy atom. The fraction of sp³-hybridized carbons (Fsp3) is 0. The number of nitrogens with zero attached hydrogens (tertiary/aromatic N) is 1. The van der Waals surface area contributed by atoms with Crippen molar-refractivity contribution in [1.82, 2.24) is 0 Å². The summed E-state index contributed by atoms with van der Waals surface area (Å²) in [6.07, 6.45) is 0. The molecule has 0 saturated heterocycles. The maximum absolute atomic E-state index is 11.3. The van der Waals surface area contributed by atoms with Gasteiger partial charge in [-0.3, -0.25) is 10.1 Å². The fourth-order valence-corrected chi connectivity index (χ4v) is 4.30. The lowest BCUT2D eigenvalue weighted by molar-refractivity contribution is -0.384. The number of halogens is 1. The number of hydrogen-bond donors (Lipinski definition) is 0. The van der Waals surface area contributed by atoms with Crippen LogP contribution >= 0.6 is 27.3 Å². The van der Waals surface area contributed by atoms with Gasteiger partial charge < -0.3 is 0 Å². The first-order valence-electron chi connectivity index (χ1n) is 6.99. The number of nitro groups is 1. The summed E-state index contributed by atoms with van der Waals surface area (Å²) < 4.78 is 3.19. The van der Waals surface area contributed by atoms with E-state index in [1.54, 1.807) is 23.5 Å². The molecule has 0 amide bonds. The zero-order chi connectivity index (χ0) is 16.0. The number of fused-ring (bicyclic) bond motifs is 3. The molecular weight excluding hydrogens is 374 g/mol. The standard InChI is InChI=1S/C18H10BrNO2S/c19-12-6-8-16(20(21)22)15(10-12)11-5-7-14-13-3-1-2-4-17(13)23-18(14)9-11/h1-10H. The van der Waals surface area contributed by atoms with Gasteiger partial charge in [0.25, 0.3) is 5.69 Å². The lowest BCUT2D eigenvalue weighted by Crippen LogP contribution is -1.91. The minimum absolute atomic E-state index is 0.119. The van der Waals surface area contributed by atoms with E-state index >= 15 is 0 Å². The Bertz CT molecular complexity index is 1070. The highest BCUT2D eigenvalue weighted by Crippen LogP contribution is 2.38. The van der Waals surface area contributed by atoms with E-state index < -0.39 is 0 Å². The molecule has 23 heavy (non-hydrogen) atoms. The summed E-state index contributed by atoms with van der Waals surface area (Å²) in [5, 5.41) is 13.7. The molecule has 5 heteroatoms. The van der Waals surface area contributed by atoms with Gasteiger partial charge in [0.15, 0.2) is 0 Å². The average molecular weight is 384 g/mol. The van der Waals surface area contributed by atoms with Gasteiger partial charge in [-0.25, -0.2) is 0 Å². The minimum atomic E-state index is -0.336. The SMILES string of the molecule is O=[N+]([O-])c1ccc(Br)cc1-c1ccc2c(c1)sc1ccccc12. The molecule has 0 radical (unpaired) electrons. The van der Waals surface area contributed by atoms with Crippen molar-refractivity contribution in [3.63, 3.8) is 0 Å². The molecule has 0 saturated carbocycles. The van der Waals surface area contributed by atoms with Crippen LogP contribution in [0.1, 0.15) is 0 Å².